The highest BCUT2D eigenvalue weighted by atomic mass is 16.6. The van der Waals surface area contributed by atoms with Crippen LogP contribution in [0.5, 0.6) is 0 Å². The Morgan fingerprint density at radius 1 is 1.06 bits per heavy atom. The quantitative estimate of drug-likeness (QED) is 0.432. The van der Waals surface area contributed by atoms with Crippen LogP contribution in [0, 0.1) is 44.1 Å². The number of nitriles is 3. The molecule has 17 heavy (non-hydrogen) atoms. The van der Waals surface area contributed by atoms with Gasteiger partial charge in [0.05, 0.1) is 10.5 Å². The average Bonchev–Trinajstić information content (AvgIpc) is 2.36. The van der Waals surface area contributed by atoms with Crippen molar-refractivity contribution in [3.8, 4) is 18.2 Å². The molecule has 1 aromatic carbocycles. The van der Waals surface area contributed by atoms with Gasteiger partial charge < -0.3 is 0 Å². The highest BCUT2D eigenvalue weighted by Crippen LogP contribution is 2.20. The molecule has 0 saturated carbocycles. The molecule has 0 spiro atoms. The maximum Gasteiger partial charge on any atom is 0.269 e. The lowest BCUT2D eigenvalue weighted by molar-refractivity contribution is -0.384. The molecule has 0 aliphatic carbocycles. The Morgan fingerprint density at radius 2 is 1.59 bits per heavy atom. The summed E-state index contributed by atoms with van der Waals surface area (Å²) in [6.07, 6.45) is 0. The number of hydrogen-bond donors (Lipinski definition) is 0. The minimum Gasteiger partial charge on any atom is -0.258 e. The highest BCUT2D eigenvalue weighted by Gasteiger charge is 2.10. The van der Waals surface area contributed by atoms with Gasteiger partial charge in [-0.15, -0.1) is 0 Å². The Morgan fingerprint density at radius 3 is 1.94 bits per heavy atom. The molecule has 6 nitrogen and oxygen atoms in total. The third kappa shape index (κ3) is 2.44. The van der Waals surface area contributed by atoms with Crippen LogP contribution in [-0.2, 0) is 0 Å². The van der Waals surface area contributed by atoms with E-state index in [-0.39, 0.29) is 16.8 Å². The van der Waals surface area contributed by atoms with Gasteiger partial charge in [-0.3, -0.25) is 10.1 Å². The monoisotopic (exact) mass is 224 g/mol. The van der Waals surface area contributed by atoms with Crippen LogP contribution < -0.4 is 0 Å². The molecule has 1 rings (SSSR count). The van der Waals surface area contributed by atoms with E-state index in [4.69, 9.17) is 15.8 Å². The summed E-state index contributed by atoms with van der Waals surface area (Å²) in [5.41, 5.74) is -0.232. The summed E-state index contributed by atoms with van der Waals surface area (Å²) in [5.74, 6) is 0. The smallest absolute Gasteiger partial charge is 0.258 e. The SMILES string of the molecule is N#CC(C#N)=C(C#N)c1ccc([N+](=O)[O-])cc1. The lowest BCUT2D eigenvalue weighted by Crippen LogP contribution is -1.90. The summed E-state index contributed by atoms with van der Waals surface area (Å²) < 4.78 is 0. The van der Waals surface area contributed by atoms with E-state index >= 15 is 0 Å². The topological polar surface area (TPSA) is 115 Å². The van der Waals surface area contributed by atoms with Crippen molar-refractivity contribution in [3.05, 3.63) is 45.5 Å². The van der Waals surface area contributed by atoms with Gasteiger partial charge in [-0.1, -0.05) is 0 Å². The molecule has 80 valence electrons. The maximum atomic E-state index is 10.4. The van der Waals surface area contributed by atoms with Crippen molar-refractivity contribution in [1.29, 1.82) is 15.8 Å². The second kappa shape index (κ2) is 5.06. The molecular formula is C11H4N4O2. The van der Waals surface area contributed by atoms with Gasteiger partial charge in [-0.2, -0.15) is 15.8 Å². The van der Waals surface area contributed by atoms with Crippen LogP contribution in [-0.4, -0.2) is 4.92 Å². The molecule has 0 radical (unpaired) electrons. The number of nitro benzene ring substituents is 1. The normalized spacial score (nSPS) is 8.29. The number of nitrogens with zero attached hydrogens (tertiary/aromatic N) is 4. The first kappa shape index (κ1) is 11.9. The standard InChI is InChI=1S/C11H4N4O2/c12-5-9(6-13)11(7-14)8-1-3-10(4-2-8)15(16)17/h1-4H. The Balaban J connectivity index is 3.32. The van der Waals surface area contributed by atoms with Gasteiger partial charge in [-0.05, 0) is 17.7 Å². The summed E-state index contributed by atoms with van der Waals surface area (Å²) in [4.78, 5) is 9.85. The van der Waals surface area contributed by atoms with Crippen molar-refractivity contribution in [2.24, 2.45) is 0 Å². The summed E-state index contributed by atoms with van der Waals surface area (Å²) in [5, 5.41) is 36.6. The number of nitro groups is 1. The number of non-ortho nitro benzene ring substituents is 1. The van der Waals surface area contributed by atoms with Crippen molar-refractivity contribution >= 4 is 11.3 Å². The van der Waals surface area contributed by atoms with Crippen molar-refractivity contribution < 1.29 is 4.92 Å². The Kier molecular flexibility index (Phi) is 3.55. The zero-order valence-corrected chi connectivity index (χ0v) is 8.41. The molecule has 0 N–H and O–H groups in total. The van der Waals surface area contributed by atoms with Crippen LogP contribution in [0.3, 0.4) is 0 Å². The minimum atomic E-state index is -0.574. The fourth-order valence-corrected chi connectivity index (χ4v) is 1.15. The zero-order chi connectivity index (χ0) is 12.8. The Labute approximate surface area is 96.4 Å². The zero-order valence-electron chi connectivity index (χ0n) is 8.41. The second-order valence-corrected chi connectivity index (χ2v) is 2.89. The molecule has 6 heteroatoms. The number of allylic oxidation sites excluding steroid dienone is 2. The first-order chi connectivity index (χ1) is 8.13. The van der Waals surface area contributed by atoms with E-state index in [2.05, 4.69) is 0 Å². The molecule has 0 aliphatic rings. The predicted molar refractivity (Wildman–Crippen MR) is 56.9 cm³/mol. The van der Waals surface area contributed by atoms with E-state index in [0.29, 0.717) is 5.56 Å². The van der Waals surface area contributed by atoms with Gasteiger partial charge in [0.1, 0.15) is 23.8 Å². The molecule has 0 atom stereocenters. The van der Waals surface area contributed by atoms with Gasteiger partial charge in [-0.25, -0.2) is 0 Å². The molecule has 0 aliphatic heterocycles. The van der Waals surface area contributed by atoms with E-state index < -0.39 is 4.92 Å². The van der Waals surface area contributed by atoms with E-state index in [1.807, 2.05) is 0 Å². The van der Waals surface area contributed by atoms with E-state index in [1.54, 1.807) is 18.2 Å². The van der Waals surface area contributed by atoms with Crippen molar-refractivity contribution in [2.45, 2.75) is 0 Å². The molecule has 0 heterocycles. The number of rotatable bonds is 2. The molecule has 0 bridgehead atoms. The Bertz CT molecular complexity index is 593. The average molecular weight is 224 g/mol. The van der Waals surface area contributed by atoms with Gasteiger partial charge in [0.25, 0.3) is 5.69 Å². The molecule has 0 unspecified atom stereocenters. The lowest BCUT2D eigenvalue weighted by Gasteiger charge is -1.98. The molecule has 1 aromatic rings. The van der Waals surface area contributed by atoms with E-state index in [0.717, 1.165) is 0 Å². The van der Waals surface area contributed by atoms with Crippen molar-refractivity contribution in [3.63, 3.8) is 0 Å². The van der Waals surface area contributed by atoms with Crippen LogP contribution >= 0.6 is 0 Å². The summed E-state index contributed by atoms with van der Waals surface area (Å²) >= 11 is 0. The van der Waals surface area contributed by atoms with E-state index in [9.17, 15) is 10.1 Å². The second-order valence-electron chi connectivity index (χ2n) is 2.89. The minimum absolute atomic E-state index is 0.0927. The summed E-state index contributed by atoms with van der Waals surface area (Å²) in [6, 6.07) is 10.00. The molecule has 0 amide bonds. The Hall–Kier alpha value is -3.17. The van der Waals surface area contributed by atoms with Crippen LogP contribution in [0.2, 0.25) is 0 Å². The van der Waals surface area contributed by atoms with Gasteiger partial charge >= 0.3 is 0 Å². The fraction of sp³-hybridized carbons (Fsp3) is 0. The van der Waals surface area contributed by atoms with Crippen LogP contribution in [0.25, 0.3) is 5.57 Å². The van der Waals surface area contributed by atoms with Crippen molar-refractivity contribution in [2.75, 3.05) is 0 Å². The maximum absolute atomic E-state index is 10.4. The third-order valence-corrected chi connectivity index (χ3v) is 1.95. The lowest BCUT2D eigenvalue weighted by atomic mass is 10.0. The van der Waals surface area contributed by atoms with Gasteiger partial charge in [0.15, 0.2) is 0 Å². The molecule has 0 aromatic heterocycles. The summed E-state index contributed by atoms with van der Waals surface area (Å²) in [7, 11) is 0. The molecule has 0 fully saturated rings. The van der Waals surface area contributed by atoms with Crippen LogP contribution in [0.4, 0.5) is 5.69 Å². The predicted octanol–water partition coefficient (Wildman–Crippen LogP) is 1.92. The van der Waals surface area contributed by atoms with Crippen LogP contribution in [0.1, 0.15) is 5.56 Å². The third-order valence-electron chi connectivity index (χ3n) is 1.95. The summed E-state index contributed by atoms with van der Waals surface area (Å²) in [6.45, 7) is 0. The van der Waals surface area contributed by atoms with Gasteiger partial charge in [0.2, 0.25) is 0 Å². The molecule has 0 saturated heterocycles. The largest absolute Gasteiger partial charge is 0.269 e. The van der Waals surface area contributed by atoms with Crippen molar-refractivity contribution in [1.82, 2.24) is 0 Å². The van der Waals surface area contributed by atoms with Crippen LogP contribution in [0.15, 0.2) is 29.8 Å². The fourth-order valence-electron chi connectivity index (χ4n) is 1.15. The highest BCUT2D eigenvalue weighted by molar-refractivity contribution is 5.84. The number of hydrogen-bond acceptors (Lipinski definition) is 5. The molecular weight excluding hydrogens is 220 g/mol. The van der Waals surface area contributed by atoms with Gasteiger partial charge in [0, 0.05) is 12.1 Å². The first-order valence-corrected chi connectivity index (χ1v) is 4.33. The number of benzene rings is 1. The first-order valence-electron chi connectivity index (χ1n) is 4.33. The van der Waals surface area contributed by atoms with E-state index in [1.165, 1.54) is 24.3 Å².